The number of amides is 2. The summed E-state index contributed by atoms with van der Waals surface area (Å²) in [6.07, 6.45) is 0. The highest BCUT2D eigenvalue weighted by Crippen LogP contribution is 2.11. The van der Waals surface area contributed by atoms with Gasteiger partial charge in [0.05, 0.1) is 6.04 Å². The average molecular weight is 185 g/mol. The Balaban J connectivity index is 2.18. The fraction of sp³-hybridized carbons (Fsp3) is 0.889. The average Bonchev–Trinajstić information content (AvgIpc) is 1.94. The minimum atomic E-state index is 0.00778. The minimum Gasteiger partial charge on any atom is -0.333 e. The van der Waals surface area contributed by atoms with Crippen molar-refractivity contribution in [2.45, 2.75) is 25.9 Å². The molecule has 1 heterocycles. The van der Waals surface area contributed by atoms with Crippen molar-refractivity contribution in [3.63, 3.8) is 0 Å². The Labute approximate surface area is 79.9 Å². The molecule has 0 aromatic carbocycles. The molecule has 4 heteroatoms. The molecule has 1 saturated heterocycles. The second kappa shape index (κ2) is 3.96. The van der Waals surface area contributed by atoms with Crippen LogP contribution in [0.3, 0.4) is 0 Å². The Kier molecular flexibility index (Phi) is 3.14. The van der Waals surface area contributed by atoms with E-state index >= 15 is 0 Å². The Morgan fingerprint density at radius 3 is 2.38 bits per heavy atom. The molecular weight excluding hydrogens is 166 g/mol. The van der Waals surface area contributed by atoms with Gasteiger partial charge in [-0.3, -0.25) is 4.90 Å². The Morgan fingerprint density at radius 2 is 2.00 bits per heavy atom. The molecule has 4 nitrogen and oxygen atoms in total. The quantitative estimate of drug-likeness (QED) is 0.674. The van der Waals surface area contributed by atoms with Crippen LogP contribution in [-0.4, -0.2) is 55.1 Å². The van der Waals surface area contributed by atoms with Crippen LogP contribution in [0.2, 0.25) is 0 Å². The van der Waals surface area contributed by atoms with Gasteiger partial charge in [-0.2, -0.15) is 0 Å². The summed E-state index contributed by atoms with van der Waals surface area (Å²) in [6, 6.07) is 0.943. The maximum Gasteiger partial charge on any atom is 0.317 e. The largest absolute Gasteiger partial charge is 0.333 e. The van der Waals surface area contributed by atoms with E-state index in [2.05, 4.69) is 24.1 Å². The van der Waals surface area contributed by atoms with Crippen molar-refractivity contribution in [3.8, 4) is 0 Å². The predicted molar refractivity (Wildman–Crippen MR) is 52.7 cm³/mol. The zero-order chi connectivity index (χ0) is 10.0. The summed E-state index contributed by atoms with van der Waals surface area (Å²) in [5, 5.41) is 2.95. The number of hydrogen-bond acceptors (Lipinski definition) is 2. The van der Waals surface area contributed by atoms with Crippen molar-refractivity contribution in [2.75, 3.05) is 27.2 Å². The highest BCUT2D eigenvalue weighted by atomic mass is 16.2. The summed E-state index contributed by atoms with van der Waals surface area (Å²) in [5.41, 5.74) is 0. The molecule has 0 aliphatic carbocycles. The van der Waals surface area contributed by atoms with Gasteiger partial charge >= 0.3 is 6.03 Å². The third kappa shape index (κ3) is 2.59. The third-order valence-corrected chi connectivity index (χ3v) is 2.37. The molecule has 0 spiro atoms. The van der Waals surface area contributed by atoms with Gasteiger partial charge < -0.3 is 10.2 Å². The molecule has 0 aromatic heterocycles. The molecule has 1 rings (SSSR count). The smallest absolute Gasteiger partial charge is 0.317 e. The van der Waals surface area contributed by atoms with Gasteiger partial charge in [-0.05, 0) is 13.8 Å². The predicted octanol–water partition coefficient (Wildman–Crippen LogP) is 0.350. The fourth-order valence-corrected chi connectivity index (χ4v) is 1.33. The van der Waals surface area contributed by atoms with E-state index in [0.717, 1.165) is 13.1 Å². The third-order valence-electron chi connectivity index (χ3n) is 2.37. The lowest BCUT2D eigenvalue weighted by Gasteiger charge is -2.42. The van der Waals surface area contributed by atoms with Crippen LogP contribution in [0.5, 0.6) is 0 Å². The zero-order valence-corrected chi connectivity index (χ0v) is 8.87. The van der Waals surface area contributed by atoms with Gasteiger partial charge in [0.15, 0.2) is 0 Å². The first kappa shape index (κ1) is 10.3. The number of carbonyl (C=O) groups excluding carboxylic acids is 1. The van der Waals surface area contributed by atoms with Crippen molar-refractivity contribution in [2.24, 2.45) is 0 Å². The van der Waals surface area contributed by atoms with Crippen molar-refractivity contribution >= 4 is 6.03 Å². The minimum absolute atomic E-state index is 0.00778. The molecule has 0 radical (unpaired) electrons. The van der Waals surface area contributed by atoms with Crippen LogP contribution in [0.4, 0.5) is 4.79 Å². The van der Waals surface area contributed by atoms with E-state index in [1.807, 2.05) is 0 Å². The second-order valence-corrected chi connectivity index (χ2v) is 4.09. The van der Waals surface area contributed by atoms with E-state index < -0.39 is 0 Å². The lowest BCUT2D eigenvalue weighted by atomic mass is 10.1. The molecule has 0 aromatic rings. The molecule has 1 N–H and O–H groups in total. The molecule has 0 unspecified atom stereocenters. The molecule has 1 fully saturated rings. The number of hydrogen-bond donors (Lipinski definition) is 1. The Morgan fingerprint density at radius 1 is 1.46 bits per heavy atom. The summed E-state index contributed by atoms with van der Waals surface area (Å²) in [6.45, 7) is 6.31. The SMILES string of the molecule is CC(C)N1CC(NC(=O)N(C)C)C1. The van der Waals surface area contributed by atoms with Crippen molar-refractivity contribution in [3.05, 3.63) is 0 Å². The summed E-state index contributed by atoms with van der Waals surface area (Å²) < 4.78 is 0. The van der Waals surface area contributed by atoms with E-state index in [0.29, 0.717) is 12.1 Å². The fourth-order valence-electron chi connectivity index (χ4n) is 1.33. The van der Waals surface area contributed by atoms with Gasteiger partial charge in [-0.25, -0.2) is 4.79 Å². The normalized spacial score (nSPS) is 18.5. The summed E-state index contributed by atoms with van der Waals surface area (Å²) in [4.78, 5) is 15.1. The van der Waals surface area contributed by atoms with Gasteiger partial charge in [-0.15, -0.1) is 0 Å². The van der Waals surface area contributed by atoms with Gasteiger partial charge in [0.25, 0.3) is 0 Å². The highest BCUT2D eigenvalue weighted by molar-refractivity contribution is 5.74. The van der Waals surface area contributed by atoms with Crippen LogP contribution >= 0.6 is 0 Å². The first-order valence-electron chi connectivity index (χ1n) is 4.72. The Hall–Kier alpha value is -0.770. The molecule has 0 atom stereocenters. The van der Waals surface area contributed by atoms with E-state index in [1.165, 1.54) is 0 Å². The molecular formula is C9H19N3O. The van der Waals surface area contributed by atoms with Crippen molar-refractivity contribution in [1.29, 1.82) is 0 Å². The molecule has 0 saturated carbocycles. The maximum absolute atomic E-state index is 11.2. The van der Waals surface area contributed by atoms with Crippen LogP contribution in [0.25, 0.3) is 0 Å². The number of rotatable bonds is 2. The maximum atomic E-state index is 11.2. The van der Waals surface area contributed by atoms with Crippen LogP contribution < -0.4 is 5.32 Å². The number of likely N-dealkylation sites (tertiary alicyclic amines) is 1. The summed E-state index contributed by atoms with van der Waals surface area (Å²) in [5.74, 6) is 0. The lowest BCUT2D eigenvalue weighted by molar-refractivity contribution is 0.0931. The number of urea groups is 1. The first-order chi connectivity index (χ1) is 6.00. The van der Waals surface area contributed by atoms with Crippen molar-refractivity contribution < 1.29 is 4.79 Å². The topological polar surface area (TPSA) is 35.6 Å². The standard InChI is InChI=1S/C9H19N3O/c1-7(2)12-5-8(6-12)10-9(13)11(3)4/h7-8H,5-6H2,1-4H3,(H,10,13). The van der Waals surface area contributed by atoms with Crippen LogP contribution in [0.15, 0.2) is 0 Å². The van der Waals surface area contributed by atoms with E-state index in [9.17, 15) is 4.79 Å². The Bertz CT molecular complexity index is 185. The number of nitrogens with one attached hydrogen (secondary N) is 1. The summed E-state index contributed by atoms with van der Waals surface area (Å²) >= 11 is 0. The molecule has 76 valence electrons. The monoisotopic (exact) mass is 185 g/mol. The van der Waals surface area contributed by atoms with Crippen molar-refractivity contribution in [1.82, 2.24) is 15.1 Å². The van der Waals surface area contributed by atoms with Gasteiger partial charge in [0, 0.05) is 33.2 Å². The van der Waals surface area contributed by atoms with Crippen LogP contribution in [0, 0.1) is 0 Å². The van der Waals surface area contributed by atoms with Gasteiger partial charge in [-0.1, -0.05) is 0 Å². The van der Waals surface area contributed by atoms with E-state index in [4.69, 9.17) is 0 Å². The number of nitrogens with zero attached hydrogens (tertiary/aromatic N) is 2. The van der Waals surface area contributed by atoms with Crippen LogP contribution in [0.1, 0.15) is 13.8 Å². The molecule has 1 aliphatic rings. The zero-order valence-electron chi connectivity index (χ0n) is 8.87. The molecule has 1 aliphatic heterocycles. The first-order valence-corrected chi connectivity index (χ1v) is 4.72. The highest BCUT2D eigenvalue weighted by Gasteiger charge is 2.29. The van der Waals surface area contributed by atoms with Gasteiger partial charge in [0.1, 0.15) is 0 Å². The van der Waals surface area contributed by atoms with E-state index in [1.54, 1.807) is 19.0 Å². The lowest BCUT2D eigenvalue weighted by Crippen LogP contribution is -2.62. The molecule has 2 amide bonds. The summed E-state index contributed by atoms with van der Waals surface area (Å²) in [7, 11) is 3.52. The molecule has 13 heavy (non-hydrogen) atoms. The molecule has 0 bridgehead atoms. The van der Waals surface area contributed by atoms with Gasteiger partial charge in [0.2, 0.25) is 0 Å². The van der Waals surface area contributed by atoms with Crippen LogP contribution in [-0.2, 0) is 0 Å². The number of carbonyl (C=O) groups is 1. The van der Waals surface area contributed by atoms with E-state index in [-0.39, 0.29) is 6.03 Å². The second-order valence-electron chi connectivity index (χ2n) is 4.09.